The maximum atomic E-state index is 11.2. The molecule has 0 saturated heterocycles. The van der Waals surface area contributed by atoms with Gasteiger partial charge in [0.05, 0.1) is 12.2 Å². The predicted octanol–water partition coefficient (Wildman–Crippen LogP) is 3.33. The molecule has 0 spiro atoms. The highest BCUT2D eigenvalue weighted by Crippen LogP contribution is 2.33. The zero-order valence-electron chi connectivity index (χ0n) is 9.93. The first-order chi connectivity index (χ1) is 8.75. The molecule has 3 rings (SSSR count). The first-order valence-corrected chi connectivity index (χ1v) is 6.13. The minimum atomic E-state index is -0.903. The zero-order chi connectivity index (χ0) is 12.5. The molecule has 1 saturated carbocycles. The van der Waals surface area contributed by atoms with Crippen LogP contribution in [-0.2, 0) is 0 Å². The fourth-order valence-corrected chi connectivity index (χ4v) is 2.08. The fraction of sp³-hybridized carbons (Fsp3) is 0.267. The van der Waals surface area contributed by atoms with Gasteiger partial charge in [-0.05, 0) is 36.3 Å². The number of carbonyl (C=O) groups is 1. The molecule has 1 aliphatic rings. The molecular formula is C15H14O3. The minimum absolute atomic E-state index is 0.323. The topological polar surface area (TPSA) is 46.5 Å². The lowest BCUT2D eigenvalue weighted by molar-refractivity contribution is 0.0699. The van der Waals surface area contributed by atoms with Crippen LogP contribution in [0.15, 0.2) is 36.4 Å². The molecule has 0 aromatic heterocycles. The third kappa shape index (κ3) is 2.04. The summed E-state index contributed by atoms with van der Waals surface area (Å²) in [7, 11) is 0. The van der Waals surface area contributed by atoms with E-state index in [4.69, 9.17) is 9.84 Å². The summed E-state index contributed by atoms with van der Waals surface area (Å²) < 4.78 is 5.79. The van der Waals surface area contributed by atoms with Crippen LogP contribution in [0.4, 0.5) is 0 Å². The normalized spacial score (nSPS) is 14.7. The summed E-state index contributed by atoms with van der Waals surface area (Å²) in [6.07, 6.45) is 2.48. The van der Waals surface area contributed by atoms with E-state index in [9.17, 15) is 4.79 Å². The van der Waals surface area contributed by atoms with E-state index in [1.54, 1.807) is 12.1 Å². The van der Waals surface area contributed by atoms with Crippen LogP contribution in [0.2, 0.25) is 0 Å². The van der Waals surface area contributed by atoms with E-state index in [0.29, 0.717) is 11.5 Å². The molecule has 0 unspecified atom stereocenters. The average molecular weight is 242 g/mol. The highest BCUT2D eigenvalue weighted by molar-refractivity contribution is 6.05. The Hall–Kier alpha value is -2.03. The Morgan fingerprint density at radius 3 is 2.56 bits per heavy atom. The molecule has 0 atom stereocenters. The molecule has 0 radical (unpaired) electrons. The van der Waals surface area contributed by atoms with Gasteiger partial charge in [-0.25, -0.2) is 4.79 Å². The van der Waals surface area contributed by atoms with Gasteiger partial charge in [0.2, 0.25) is 0 Å². The van der Waals surface area contributed by atoms with Crippen molar-refractivity contribution in [2.75, 3.05) is 6.61 Å². The number of carboxylic acid groups (broad SMARTS) is 1. The van der Waals surface area contributed by atoms with Gasteiger partial charge in [-0.3, -0.25) is 0 Å². The third-order valence-electron chi connectivity index (χ3n) is 3.29. The standard InChI is InChI=1S/C15H14O3/c16-15(17)13-7-8-14(18-9-10-5-6-10)12-4-2-1-3-11(12)13/h1-4,7-8,10H,5-6,9H2,(H,16,17). The lowest BCUT2D eigenvalue weighted by Gasteiger charge is -2.10. The van der Waals surface area contributed by atoms with Crippen molar-refractivity contribution in [1.82, 2.24) is 0 Å². The van der Waals surface area contributed by atoms with Crippen LogP contribution in [0.1, 0.15) is 23.2 Å². The second-order valence-corrected chi connectivity index (χ2v) is 4.72. The van der Waals surface area contributed by atoms with Crippen LogP contribution in [0.5, 0.6) is 5.75 Å². The number of carboxylic acids is 1. The van der Waals surface area contributed by atoms with Crippen molar-refractivity contribution >= 4 is 16.7 Å². The molecule has 3 nitrogen and oxygen atoms in total. The van der Waals surface area contributed by atoms with Gasteiger partial charge in [0.25, 0.3) is 0 Å². The van der Waals surface area contributed by atoms with Crippen molar-refractivity contribution in [1.29, 1.82) is 0 Å². The van der Waals surface area contributed by atoms with E-state index >= 15 is 0 Å². The smallest absolute Gasteiger partial charge is 0.336 e. The molecular weight excluding hydrogens is 228 g/mol. The quantitative estimate of drug-likeness (QED) is 0.894. The number of rotatable bonds is 4. The highest BCUT2D eigenvalue weighted by Gasteiger charge is 2.22. The number of hydrogen-bond donors (Lipinski definition) is 1. The summed E-state index contributed by atoms with van der Waals surface area (Å²) in [6, 6.07) is 10.9. The first-order valence-electron chi connectivity index (χ1n) is 6.13. The first kappa shape index (κ1) is 11.1. The van der Waals surface area contributed by atoms with Crippen molar-refractivity contribution in [2.45, 2.75) is 12.8 Å². The lowest BCUT2D eigenvalue weighted by atomic mass is 10.0. The van der Waals surface area contributed by atoms with E-state index in [1.165, 1.54) is 12.8 Å². The minimum Gasteiger partial charge on any atom is -0.493 e. The van der Waals surface area contributed by atoms with Gasteiger partial charge in [-0.1, -0.05) is 24.3 Å². The fourth-order valence-electron chi connectivity index (χ4n) is 2.08. The molecule has 0 heterocycles. The predicted molar refractivity (Wildman–Crippen MR) is 69.1 cm³/mol. The van der Waals surface area contributed by atoms with Crippen LogP contribution in [0, 0.1) is 5.92 Å². The van der Waals surface area contributed by atoms with Gasteiger partial charge in [-0.2, -0.15) is 0 Å². The van der Waals surface area contributed by atoms with E-state index in [1.807, 2.05) is 24.3 Å². The highest BCUT2D eigenvalue weighted by atomic mass is 16.5. The van der Waals surface area contributed by atoms with Crippen molar-refractivity contribution in [3.8, 4) is 5.75 Å². The Balaban J connectivity index is 2.04. The van der Waals surface area contributed by atoms with Crippen molar-refractivity contribution in [3.05, 3.63) is 42.0 Å². The Kier molecular flexibility index (Phi) is 2.67. The molecule has 2 aromatic carbocycles. The van der Waals surface area contributed by atoms with Gasteiger partial charge < -0.3 is 9.84 Å². The van der Waals surface area contributed by atoms with Crippen LogP contribution in [0.25, 0.3) is 10.8 Å². The molecule has 0 amide bonds. The lowest BCUT2D eigenvalue weighted by Crippen LogP contribution is -2.02. The van der Waals surface area contributed by atoms with E-state index < -0.39 is 5.97 Å². The maximum absolute atomic E-state index is 11.2. The van der Waals surface area contributed by atoms with Crippen molar-refractivity contribution in [2.24, 2.45) is 5.92 Å². The number of ether oxygens (including phenoxy) is 1. The molecule has 18 heavy (non-hydrogen) atoms. The van der Waals surface area contributed by atoms with Gasteiger partial charge in [-0.15, -0.1) is 0 Å². The van der Waals surface area contributed by atoms with Gasteiger partial charge in [0.15, 0.2) is 0 Å². The van der Waals surface area contributed by atoms with E-state index in [-0.39, 0.29) is 0 Å². The Labute approximate surface area is 105 Å². The van der Waals surface area contributed by atoms with Crippen LogP contribution < -0.4 is 4.74 Å². The molecule has 2 aromatic rings. The van der Waals surface area contributed by atoms with Crippen LogP contribution in [0.3, 0.4) is 0 Å². The van der Waals surface area contributed by atoms with Gasteiger partial charge >= 0.3 is 5.97 Å². The van der Waals surface area contributed by atoms with Gasteiger partial charge in [0, 0.05) is 5.39 Å². The van der Waals surface area contributed by atoms with Crippen LogP contribution >= 0.6 is 0 Å². The number of fused-ring (bicyclic) bond motifs is 1. The molecule has 1 aliphatic carbocycles. The van der Waals surface area contributed by atoms with Crippen molar-refractivity contribution in [3.63, 3.8) is 0 Å². The molecule has 0 aliphatic heterocycles. The summed E-state index contributed by atoms with van der Waals surface area (Å²) in [6.45, 7) is 0.733. The summed E-state index contributed by atoms with van der Waals surface area (Å²) in [5.41, 5.74) is 0.323. The zero-order valence-corrected chi connectivity index (χ0v) is 9.93. The third-order valence-corrected chi connectivity index (χ3v) is 3.29. The second kappa shape index (κ2) is 4.33. The molecule has 0 bridgehead atoms. The monoisotopic (exact) mass is 242 g/mol. The Morgan fingerprint density at radius 2 is 1.89 bits per heavy atom. The number of aromatic carboxylic acids is 1. The van der Waals surface area contributed by atoms with Crippen molar-refractivity contribution < 1.29 is 14.6 Å². The molecule has 1 fully saturated rings. The van der Waals surface area contributed by atoms with E-state index in [0.717, 1.165) is 23.1 Å². The SMILES string of the molecule is O=C(O)c1ccc(OCC2CC2)c2ccccc12. The number of hydrogen-bond acceptors (Lipinski definition) is 2. The number of benzene rings is 2. The summed E-state index contributed by atoms with van der Waals surface area (Å²) >= 11 is 0. The molecule has 92 valence electrons. The summed E-state index contributed by atoms with van der Waals surface area (Å²) in [4.78, 5) is 11.2. The second-order valence-electron chi connectivity index (χ2n) is 4.72. The Bertz CT molecular complexity index is 600. The van der Waals surface area contributed by atoms with Crippen LogP contribution in [-0.4, -0.2) is 17.7 Å². The van der Waals surface area contributed by atoms with E-state index in [2.05, 4.69) is 0 Å². The maximum Gasteiger partial charge on any atom is 0.336 e. The van der Waals surface area contributed by atoms with Gasteiger partial charge in [0.1, 0.15) is 5.75 Å². The molecule has 3 heteroatoms. The average Bonchev–Trinajstić information content (AvgIpc) is 3.19. The largest absolute Gasteiger partial charge is 0.493 e. The summed E-state index contributed by atoms with van der Waals surface area (Å²) in [5.74, 6) is 0.561. The Morgan fingerprint density at radius 1 is 1.17 bits per heavy atom. The summed E-state index contributed by atoms with van der Waals surface area (Å²) in [5, 5.41) is 10.8. The molecule has 1 N–H and O–H groups in total.